The lowest BCUT2D eigenvalue weighted by Gasteiger charge is -2.21. The van der Waals surface area contributed by atoms with E-state index in [9.17, 15) is 4.79 Å². The summed E-state index contributed by atoms with van der Waals surface area (Å²) in [6.07, 6.45) is 2.23. The second kappa shape index (κ2) is 5.91. The number of benzene rings is 2. The number of methoxy groups -OCH3 is 1. The molecule has 1 aromatic heterocycles. The Morgan fingerprint density at radius 1 is 1.17 bits per heavy atom. The van der Waals surface area contributed by atoms with Crippen molar-refractivity contribution in [2.24, 2.45) is 5.92 Å². The zero-order valence-corrected chi connectivity index (χ0v) is 14.2. The first-order valence-electron chi connectivity index (χ1n) is 8.06. The minimum Gasteiger partial charge on any atom is -0.497 e. The molecule has 0 bridgehead atoms. The van der Waals surface area contributed by atoms with Crippen molar-refractivity contribution in [2.75, 3.05) is 7.11 Å². The van der Waals surface area contributed by atoms with Gasteiger partial charge in [0.15, 0.2) is 4.77 Å². The lowest BCUT2D eigenvalue weighted by Crippen LogP contribution is -2.28. The van der Waals surface area contributed by atoms with E-state index in [1.165, 1.54) is 0 Å². The van der Waals surface area contributed by atoms with E-state index in [2.05, 4.69) is 4.98 Å². The molecule has 0 unspecified atom stereocenters. The monoisotopic (exact) mass is 338 g/mol. The molecule has 1 N–H and O–H groups in total. The number of hydrogen-bond acceptors (Lipinski definition) is 3. The molecule has 5 heteroatoms. The predicted molar refractivity (Wildman–Crippen MR) is 97.2 cm³/mol. The maximum atomic E-state index is 13.1. The number of nitrogens with one attached hydrogen (secondary N) is 1. The lowest BCUT2D eigenvalue weighted by molar-refractivity contribution is 0.414. The minimum absolute atomic E-state index is 0.0259. The first-order chi connectivity index (χ1) is 11.7. The number of aromatic amines is 1. The van der Waals surface area contributed by atoms with Gasteiger partial charge < -0.3 is 9.72 Å². The molecule has 0 amide bonds. The van der Waals surface area contributed by atoms with Crippen LogP contribution in [0.1, 0.15) is 24.4 Å². The number of H-pyrrole nitrogens is 1. The van der Waals surface area contributed by atoms with E-state index in [0.717, 1.165) is 29.7 Å². The Balaban J connectivity index is 1.92. The molecule has 4 nitrogen and oxygen atoms in total. The molecule has 1 heterocycles. The quantitative estimate of drug-likeness (QED) is 0.730. The van der Waals surface area contributed by atoms with Gasteiger partial charge in [0.1, 0.15) is 5.75 Å². The van der Waals surface area contributed by atoms with E-state index in [1.54, 1.807) is 11.7 Å². The summed E-state index contributed by atoms with van der Waals surface area (Å²) >= 11 is 5.52. The molecule has 4 rings (SSSR count). The molecule has 1 aliphatic rings. The molecular weight excluding hydrogens is 320 g/mol. The normalized spacial score (nSPS) is 15.4. The van der Waals surface area contributed by atoms with Crippen LogP contribution in [-0.2, 0) is 0 Å². The minimum atomic E-state index is -0.0308. The fourth-order valence-electron chi connectivity index (χ4n) is 3.27. The zero-order valence-electron chi connectivity index (χ0n) is 13.4. The predicted octanol–water partition coefficient (Wildman–Crippen LogP) is 4.07. The molecule has 1 fully saturated rings. The molecule has 122 valence electrons. The summed E-state index contributed by atoms with van der Waals surface area (Å²) in [5, 5.41) is 0.672. The Morgan fingerprint density at radius 2 is 1.88 bits per heavy atom. The van der Waals surface area contributed by atoms with Crippen molar-refractivity contribution in [3.05, 3.63) is 69.2 Å². The van der Waals surface area contributed by atoms with E-state index in [0.29, 0.717) is 16.1 Å². The molecular formula is C19H18N2O2S. The Kier molecular flexibility index (Phi) is 3.73. The summed E-state index contributed by atoms with van der Waals surface area (Å²) in [5.74, 6) is 1.26. The molecule has 1 aliphatic carbocycles. The van der Waals surface area contributed by atoms with Crippen molar-refractivity contribution in [2.45, 2.75) is 18.9 Å². The van der Waals surface area contributed by atoms with Crippen LogP contribution in [0.2, 0.25) is 0 Å². The van der Waals surface area contributed by atoms with Crippen LogP contribution in [0.5, 0.6) is 5.75 Å². The molecule has 24 heavy (non-hydrogen) atoms. The standard InChI is InChI=1S/C19H18N2O2S/c1-23-14-10-8-13(9-11-14)17(12-6-7-12)21-18(22)15-4-2-3-5-16(15)20-19(21)24/h2-5,8-12,17H,6-7H2,1H3,(H,20,24)/t17-/m1/s1. The van der Waals surface area contributed by atoms with E-state index in [-0.39, 0.29) is 11.6 Å². The summed E-state index contributed by atoms with van der Waals surface area (Å²) < 4.78 is 7.47. The number of aromatic nitrogens is 2. The molecule has 1 saturated carbocycles. The Labute approximate surface area is 144 Å². The van der Waals surface area contributed by atoms with Crippen LogP contribution in [0.4, 0.5) is 0 Å². The SMILES string of the molecule is COc1ccc([C@@H](C2CC2)n2c(=S)[nH]c3ccccc3c2=O)cc1. The number of ether oxygens (including phenoxy) is 1. The van der Waals surface area contributed by atoms with Crippen LogP contribution < -0.4 is 10.3 Å². The van der Waals surface area contributed by atoms with Crippen molar-refractivity contribution >= 4 is 23.1 Å². The van der Waals surface area contributed by atoms with Crippen LogP contribution in [0.15, 0.2) is 53.3 Å². The zero-order chi connectivity index (χ0) is 16.7. The van der Waals surface area contributed by atoms with Gasteiger partial charge in [0.05, 0.1) is 24.1 Å². The van der Waals surface area contributed by atoms with E-state index in [1.807, 2.05) is 48.5 Å². The summed E-state index contributed by atoms with van der Waals surface area (Å²) in [5.41, 5.74) is 1.85. The van der Waals surface area contributed by atoms with Gasteiger partial charge in [-0.3, -0.25) is 9.36 Å². The van der Waals surface area contributed by atoms with E-state index in [4.69, 9.17) is 17.0 Å². The van der Waals surface area contributed by atoms with Crippen LogP contribution in [-0.4, -0.2) is 16.7 Å². The second-order valence-corrected chi connectivity index (χ2v) is 6.59. The third kappa shape index (κ3) is 2.55. The van der Waals surface area contributed by atoms with Crippen LogP contribution in [0, 0.1) is 10.7 Å². The number of fused-ring (bicyclic) bond motifs is 1. The number of nitrogens with zero attached hydrogens (tertiary/aromatic N) is 1. The van der Waals surface area contributed by atoms with E-state index >= 15 is 0 Å². The summed E-state index contributed by atoms with van der Waals surface area (Å²) in [6, 6.07) is 15.4. The highest BCUT2D eigenvalue weighted by Crippen LogP contribution is 2.43. The van der Waals surface area contributed by atoms with Crippen molar-refractivity contribution in [3.8, 4) is 5.75 Å². The molecule has 0 radical (unpaired) electrons. The first-order valence-corrected chi connectivity index (χ1v) is 8.47. The van der Waals surface area contributed by atoms with Crippen molar-refractivity contribution in [3.63, 3.8) is 0 Å². The maximum absolute atomic E-state index is 13.1. The average Bonchev–Trinajstić information content (AvgIpc) is 3.43. The largest absolute Gasteiger partial charge is 0.497 e. The van der Waals surface area contributed by atoms with Gasteiger partial charge in [-0.2, -0.15) is 0 Å². The Hall–Kier alpha value is -2.40. The van der Waals surface area contributed by atoms with Crippen molar-refractivity contribution in [1.29, 1.82) is 0 Å². The molecule has 2 aromatic carbocycles. The fraction of sp³-hybridized carbons (Fsp3) is 0.263. The number of hydrogen-bond donors (Lipinski definition) is 1. The highest BCUT2D eigenvalue weighted by molar-refractivity contribution is 7.71. The number of para-hydroxylation sites is 1. The lowest BCUT2D eigenvalue weighted by atomic mass is 10.0. The fourth-order valence-corrected chi connectivity index (χ4v) is 3.58. The number of rotatable bonds is 4. The highest BCUT2D eigenvalue weighted by atomic mass is 32.1. The van der Waals surface area contributed by atoms with Gasteiger partial charge in [0.25, 0.3) is 5.56 Å². The van der Waals surface area contributed by atoms with Crippen LogP contribution in [0.25, 0.3) is 10.9 Å². The molecule has 3 aromatic rings. The van der Waals surface area contributed by atoms with Gasteiger partial charge in [-0.25, -0.2) is 0 Å². The van der Waals surface area contributed by atoms with E-state index < -0.39 is 0 Å². The highest BCUT2D eigenvalue weighted by Gasteiger charge is 2.35. The Bertz CT molecular complexity index is 1000. The third-order valence-corrected chi connectivity index (χ3v) is 4.94. The van der Waals surface area contributed by atoms with Gasteiger partial charge in [-0.15, -0.1) is 0 Å². The van der Waals surface area contributed by atoms with Crippen LogP contribution >= 0.6 is 12.2 Å². The summed E-state index contributed by atoms with van der Waals surface area (Å²) in [7, 11) is 1.65. The van der Waals surface area contributed by atoms with Gasteiger partial charge in [-0.05, 0) is 60.8 Å². The van der Waals surface area contributed by atoms with Crippen molar-refractivity contribution in [1.82, 2.24) is 9.55 Å². The first kappa shape index (κ1) is 15.1. The summed E-state index contributed by atoms with van der Waals surface area (Å²) in [6.45, 7) is 0. The average molecular weight is 338 g/mol. The molecule has 0 spiro atoms. The summed E-state index contributed by atoms with van der Waals surface area (Å²) in [4.78, 5) is 16.3. The molecule has 0 saturated heterocycles. The Morgan fingerprint density at radius 3 is 2.54 bits per heavy atom. The van der Waals surface area contributed by atoms with Gasteiger partial charge in [0.2, 0.25) is 0 Å². The molecule has 0 aliphatic heterocycles. The topological polar surface area (TPSA) is 47.0 Å². The smallest absolute Gasteiger partial charge is 0.262 e. The molecule has 1 atom stereocenters. The maximum Gasteiger partial charge on any atom is 0.262 e. The second-order valence-electron chi connectivity index (χ2n) is 6.21. The van der Waals surface area contributed by atoms with Crippen LogP contribution in [0.3, 0.4) is 0 Å². The third-order valence-electron chi connectivity index (χ3n) is 4.64. The van der Waals surface area contributed by atoms with Crippen molar-refractivity contribution < 1.29 is 4.74 Å². The van der Waals surface area contributed by atoms with Gasteiger partial charge in [0, 0.05) is 0 Å². The van der Waals surface area contributed by atoms with Gasteiger partial charge >= 0.3 is 0 Å². The van der Waals surface area contributed by atoms with Gasteiger partial charge in [-0.1, -0.05) is 24.3 Å².